The number of ether oxygens (including phenoxy) is 1. The van der Waals surface area contributed by atoms with Gasteiger partial charge < -0.3 is 19.0 Å². The molecule has 0 unspecified atom stereocenters. The smallest absolute Gasteiger partial charge is 0.255 e. The number of carbonyl (C=O) groups is 2. The first-order valence-electron chi connectivity index (χ1n) is 13.1. The maximum atomic E-state index is 13.6. The number of amides is 1. The zero-order chi connectivity index (χ0) is 29.3. The molecule has 210 valence electrons. The average Bonchev–Trinajstić information content (AvgIpc) is 3.62. The van der Waals surface area contributed by atoms with E-state index in [1.54, 1.807) is 43.5 Å². The van der Waals surface area contributed by atoms with Crippen molar-refractivity contribution in [3.05, 3.63) is 83.5 Å². The van der Waals surface area contributed by atoms with Gasteiger partial charge in [0.2, 0.25) is 6.39 Å². The van der Waals surface area contributed by atoms with Crippen LogP contribution in [0.1, 0.15) is 59.4 Å². The second kappa shape index (κ2) is 11.0. The lowest BCUT2D eigenvalue weighted by Crippen LogP contribution is -2.24. The molecule has 0 saturated heterocycles. The summed E-state index contributed by atoms with van der Waals surface area (Å²) in [7, 11) is 1.53. The number of benzene rings is 2. The van der Waals surface area contributed by atoms with Gasteiger partial charge in [-0.1, -0.05) is 19.0 Å². The zero-order valence-corrected chi connectivity index (χ0v) is 23.4. The van der Waals surface area contributed by atoms with Crippen LogP contribution in [0.25, 0.3) is 33.4 Å². The molecule has 1 amide bonds. The van der Waals surface area contributed by atoms with Crippen LogP contribution in [0.4, 0.5) is 4.39 Å². The molecule has 5 aromatic rings. The molecule has 0 aliphatic heterocycles. The highest BCUT2D eigenvalue weighted by Crippen LogP contribution is 2.41. The molecule has 0 saturated carbocycles. The van der Waals surface area contributed by atoms with Gasteiger partial charge in [-0.2, -0.15) is 4.98 Å². The van der Waals surface area contributed by atoms with E-state index >= 15 is 0 Å². The summed E-state index contributed by atoms with van der Waals surface area (Å²) in [5.41, 5.74) is 2.92. The van der Waals surface area contributed by atoms with Gasteiger partial charge in [-0.05, 0) is 50.2 Å². The van der Waals surface area contributed by atoms with Crippen LogP contribution in [0, 0.1) is 12.7 Å². The number of Topliss-reactive ketones (excluding diaryl/α,β-unsaturated/α-hetero) is 1. The summed E-state index contributed by atoms with van der Waals surface area (Å²) in [5.74, 6) is 0.360. The summed E-state index contributed by atoms with van der Waals surface area (Å²) in [6.45, 7) is 7.76. The molecule has 3 aromatic heterocycles. The Morgan fingerprint density at radius 2 is 1.83 bits per heavy atom. The topological polar surface area (TPSA) is 120 Å². The fraction of sp³-hybridized carbons (Fsp3) is 0.258. The molecule has 10 heteroatoms. The molecule has 3 heterocycles. The molecule has 9 nitrogen and oxygen atoms in total. The highest BCUT2D eigenvalue weighted by Gasteiger charge is 2.30. The summed E-state index contributed by atoms with van der Waals surface area (Å²) in [6, 6.07) is 11.0. The number of furan rings is 1. The number of rotatable bonds is 9. The van der Waals surface area contributed by atoms with Gasteiger partial charge >= 0.3 is 0 Å². The minimum absolute atomic E-state index is 0.126. The number of fused-ring (bicyclic) bond motifs is 1. The van der Waals surface area contributed by atoms with Crippen LogP contribution in [0.15, 0.2) is 64.0 Å². The van der Waals surface area contributed by atoms with E-state index in [-0.39, 0.29) is 18.1 Å². The number of aryl methyl sites for hydroxylation is 1. The monoisotopic (exact) mass is 556 g/mol. The normalized spacial score (nSPS) is 11.6. The molecule has 0 fully saturated rings. The summed E-state index contributed by atoms with van der Waals surface area (Å²) in [5, 5.41) is 7.11. The third-order valence-electron chi connectivity index (χ3n) is 6.92. The maximum Gasteiger partial charge on any atom is 0.255 e. The molecule has 0 aliphatic carbocycles. The van der Waals surface area contributed by atoms with Gasteiger partial charge in [-0.25, -0.2) is 4.39 Å². The Balaban J connectivity index is 1.64. The SMILES string of the molecule is CCOc1cc2oc(-c3ccc(F)cc3)c(C(=O)NC)c2cc1-c1cnc(C)c(C(=O)CC(C)(C)c2ncon2)c1. The van der Waals surface area contributed by atoms with Crippen molar-refractivity contribution in [2.24, 2.45) is 0 Å². The fourth-order valence-electron chi connectivity index (χ4n) is 4.79. The number of hydrogen-bond acceptors (Lipinski definition) is 8. The van der Waals surface area contributed by atoms with Gasteiger partial charge in [-0.3, -0.25) is 14.6 Å². The number of pyridine rings is 1. The lowest BCUT2D eigenvalue weighted by atomic mass is 9.84. The van der Waals surface area contributed by atoms with Crippen LogP contribution in [0.3, 0.4) is 0 Å². The summed E-state index contributed by atoms with van der Waals surface area (Å²) in [6.07, 6.45) is 3.05. The van der Waals surface area contributed by atoms with E-state index < -0.39 is 11.2 Å². The van der Waals surface area contributed by atoms with E-state index in [4.69, 9.17) is 13.7 Å². The molecule has 0 spiro atoms. The van der Waals surface area contributed by atoms with Crippen molar-refractivity contribution >= 4 is 22.7 Å². The van der Waals surface area contributed by atoms with E-state index in [1.807, 2.05) is 20.8 Å². The number of hydrogen-bond donors (Lipinski definition) is 1. The average molecular weight is 557 g/mol. The molecular formula is C31H29FN4O5. The highest BCUT2D eigenvalue weighted by molar-refractivity contribution is 6.12. The predicted octanol–water partition coefficient (Wildman–Crippen LogP) is 6.30. The van der Waals surface area contributed by atoms with E-state index in [1.165, 1.54) is 25.6 Å². The van der Waals surface area contributed by atoms with E-state index in [0.717, 1.165) is 0 Å². The Hall–Kier alpha value is -4.86. The zero-order valence-electron chi connectivity index (χ0n) is 23.4. The van der Waals surface area contributed by atoms with E-state index in [0.29, 0.717) is 68.4 Å². The quantitative estimate of drug-likeness (QED) is 0.210. The molecule has 0 atom stereocenters. The van der Waals surface area contributed by atoms with Gasteiger partial charge in [0.25, 0.3) is 5.91 Å². The Kier molecular flexibility index (Phi) is 7.40. The van der Waals surface area contributed by atoms with Crippen LogP contribution in [0.2, 0.25) is 0 Å². The number of ketones is 1. The van der Waals surface area contributed by atoms with Crippen LogP contribution in [0.5, 0.6) is 5.75 Å². The van der Waals surface area contributed by atoms with Crippen molar-refractivity contribution < 1.29 is 27.7 Å². The maximum absolute atomic E-state index is 13.6. The molecule has 2 aromatic carbocycles. The van der Waals surface area contributed by atoms with Crippen molar-refractivity contribution in [1.82, 2.24) is 20.4 Å². The molecule has 0 aliphatic rings. The number of halogens is 1. The third-order valence-corrected chi connectivity index (χ3v) is 6.92. The molecule has 0 radical (unpaired) electrons. The second-order valence-electron chi connectivity index (χ2n) is 10.3. The molecular weight excluding hydrogens is 527 g/mol. The number of carbonyl (C=O) groups excluding carboxylic acids is 2. The van der Waals surface area contributed by atoms with E-state index in [2.05, 4.69) is 20.4 Å². The number of nitrogens with one attached hydrogen (secondary N) is 1. The van der Waals surface area contributed by atoms with Crippen molar-refractivity contribution in [2.45, 2.75) is 39.5 Å². The van der Waals surface area contributed by atoms with Crippen LogP contribution in [-0.4, -0.2) is 40.5 Å². The summed E-state index contributed by atoms with van der Waals surface area (Å²) >= 11 is 0. The predicted molar refractivity (Wildman–Crippen MR) is 150 cm³/mol. The van der Waals surface area contributed by atoms with Crippen molar-refractivity contribution in [2.75, 3.05) is 13.7 Å². The standard InChI is InChI=1S/C31H29FN4O5/c1-6-39-25-13-26-23(27(29(38)33-5)28(41-26)18-7-9-20(32)10-8-18)12-22(25)19-11-21(17(2)34-15-19)24(37)14-31(3,4)30-35-16-40-36-30/h7-13,15-16H,6,14H2,1-5H3,(H,33,38). The lowest BCUT2D eigenvalue weighted by Gasteiger charge is -2.20. The van der Waals surface area contributed by atoms with Crippen LogP contribution >= 0.6 is 0 Å². The van der Waals surface area contributed by atoms with Crippen molar-refractivity contribution in [3.8, 4) is 28.2 Å². The molecule has 5 rings (SSSR count). The van der Waals surface area contributed by atoms with Crippen molar-refractivity contribution in [3.63, 3.8) is 0 Å². The minimum Gasteiger partial charge on any atom is -0.493 e. The molecule has 0 bridgehead atoms. The Bertz CT molecular complexity index is 1740. The third kappa shape index (κ3) is 5.32. The Morgan fingerprint density at radius 3 is 2.49 bits per heavy atom. The van der Waals surface area contributed by atoms with Gasteiger partial charge in [-0.15, -0.1) is 0 Å². The van der Waals surface area contributed by atoms with Gasteiger partial charge in [0, 0.05) is 64.5 Å². The van der Waals surface area contributed by atoms with E-state index in [9.17, 15) is 14.0 Å². The number of nitrogens with zero attached hydrogens (tertiary/aromatic N) is 3. The largest absolute Gasteiger partial charge is 0.493 e. The summed E-state index contributed by atoms with van der Waals surface area (Å²) < 4.78 is 30.6. The van der Waals surface area contributed by atoms with Gasteiger partial charge in [0.05, 0.1) is 12.2 Å². The first kappa shape index (κ1) is 27.7. The Labute approximate surface area is 235 Å². The van der Waals surface area contributed by atoms with Gasteiger partial charge in [0.15, 0.2) is 11.6 Å². The van der Waals surface area contributed by atoms with Crippen molar-refractivity contribution in [1.29, 1.82) is 0 Å². The first-order chi connectivity index (χ1) is 19.6. The lowest BCUT2D eigenvalue weighted by molar-refractivity contribution is 0.0949. The first-order valence-corrected chi connectivity index (χ1v) is 13.1. The second-order valence-corrected chi connectivity index (χ2v) is 10.3. The Morgan fingerprint density at radius 1 is 1.07 bits per heavy atom. The van der Waals surface area contributed by atoms with Crippen LogP contribution < -0.4 is 10.1 Å². The number of aromatic nitrogens is 3. The fourth-order valence-corrected chi connectivity index (χ4v) is 4.79. The van der Waals surface area contributed by atoms with Crippen LogP contribution in [-0.2, 0) is 5.41 Å². The molecule has 1 N–H and O–H groups in total. The van der Waals surface area contributed by atoms with Gasteiger partial charge in [0.1, 0.15) is 22.9 Å². The highest BCUT2D eigenvalue weighted by atomic mass is 19.1. The molecule has 41 heavy (non-hydrogen) atoms. The minimum atomic E-state index is -0.655. The summed E-state index contributed by atoms with van der Waals surface area (Å²) in [4.78, 5) is 35.2.